The van der Waals surface area contributed by atoms with Crippen LogP contribution in [0.4, 0.5) is 5.13 Å². The lowest BCUT2D eigenvalue weighted by Crippen LogP contribution is -2.32. The summed E-state index contributed by atoms with van der Waals surface area (Å²) in [5, 5.41) is 11.5. The molecule has 2 rings (SSSR count). The Morgan fingerprint density at radius 3 is 2.44 bits per heavy atom. The van der Waals surface area contributed by atoms with Crippen LogP contribution < -0.4 is 10.1 Å². The Labute approximate surface area is 170 Å². The fraction of sp³-hybridized carbons (Fsp3) is 0.550. The molecule has 0 saturated carbocycles. The second-order valence-corrected chi connectivity index (χ2v) is 10.1. The molecule has 0 saturated heterocycles. The summed E-state index contributed by atoms with van der Waals surface area (Å²) in [6, 6.07) is 7.93. The van der Waals surface area contributed by atoms with Gasteiger partial charge in [-0.25, -0.2) is 0 Å². The van der Waals surface area contributed by atoms with Gasteiger partial charge in [0.05, 0.1) is 0 Å². The maximum absolute atomic E-state index is 12.5. The Bertz CT molecular complexity index is 736. The van der Waals surface area contributed by atoms with Gasteiger partial charge < -0.3 is 4.74 Å². The highest BCUT2D eigenvalue weighted by atomic mass is 32.2. The van der Waals surface area contributed by atoms with E-state index in [4.69, 9.17) is 4.74 Å². The molecule has 0 spiro atoms. The number of hydrogen-bond donors (Lipinski definition) is 1. The molecule has 1 heterocycles. The SMILES string of the molecule is CC[C@H](Oc1ccc(C(C)(C)C)cc1)C(=O)Nc1nnc(SCC(C)C)s1. The summed E-state index contributed by atoms with van der Waals surface area (Å²) in [6.45, 7) is 12.8. The number of aromatic nitrogens is 2. The zero-order valence-electron chi connectivity index (χ0n) is 16.9. The van der Waals surface area contributed by atoms with Crippen LogP contribution >= 0.6 is 23.1 Å². The van der Waals surface area contributed by atoms with E-state index in [1.165, 1.54) is 16.9 Å². The van der Waals surface area contributed by atoms with Gasteiger partial charge in [-0.3, -0.25) is 10.1 Å². The van der Waals surface area contributed by atoms with Gasteiger partial charge in [0, 0.05) is 5.75 Å². The highest BCUT2D eigenvalue weighted by molar-refractivity contribution is 8.01. The van der Waals surface area contributed by atoms with Gasteiger partial charge >= 0.3 is 0 Å². The zero-order valence-corrected chi connectivity index (χ0v) is 18.5. The van der Waals surface area contributed by atoms with Crippen molar-refractivity contribution in [1.82, 2.24) is 10.2 Å². The lowest BCUT2D eigenvalue weighted by Gasteiger charge is -2.20. The maximum Gasteiger partial charge on any atom is 0.267 e. The summed E-state index contributed by atoms with van der Waals surface area (Å²) < 4.78 is 6.76. The van der Waals surface area contributed by atoms with E-state index in [1.54, 1.807) is 11.8 Å². The van der Waals surface area contributed by atoms with Crippen LogP contribution in [0.15, 0.2) is 28.6 Å². The van der Waals surface area contributed by atoms with Crippen molar-refractivity contribution < 1.29 is 9.53 Å². The van der Waals surface area contributed by atoms with Gasteiger partial charge in [-0.15, -0.1) is 10.2 Å². The number of thioether (sulfide) groups is 1. The summed E-state index contributed by atoms with van der Waals surface area (Å²) in [4.78, 5) is 12.5. The number of carbonyl (C=O) groups is 1. The summed E-state index contributed by atoms with van der Waals surface area (Å²) in [7, 11) is 0. The summed E-state index contributed by atoms with van der Waals surface area (Å²) in [5.74, 6) is 2.05. The number of ether oxygens (including phenoxy) is 1. The van der Waals surface area contributed by atoms with E-state index in [-0.39, 0.29) is 11.3 Å². The number of anilines is 1. The fourth-order valence-corrected chi connectivity index (χ4v) is 3.99. The Hall–Kier alpha value is -1.60. The number of benzene rings is 1. The van der Waals surface area contributed by atoms with Crippen LogP contribution in [0, 0.1) is 5.92 Å². The Kier molecular flexibility index (Phi) is 7.68. The average Bonchev–Trinajstić information content (AvgIpc) is 3.04. The molecule has 7 heteroatoms. The van der Waals surface area contributed by atoms with Crippen molar-refractivity contribution in [2.24, 2.45) is 5.92 Å². The minimum atomic E-state index is -0.568. The van der Waals surface area contributed by atoms with Crippen LogP contribution in [0.2, 0.25) is 0 Å². The molecular weight excluding hydrogens is 378 g/mol. The van der Waals surface area contributed by atoms with Crippen LogP contribution in [-0.2, 0) is 10.2 Å². The van der Waals surface area contributed by atoms with Crippen molar-refractivity contribution in [3.05, 3.63) is 29.8 Å². The van der Waals surface area contributed by atoms with Gasteiger partial charge in [0.15, 0.2) is 10.4 Å². The highest BCUT2D eigenvalue weighted by Crippen LogP contribution is 2.28. The van der Waals surface area contributed by atoms with Gasteiger partial charge in [0.1, 0.15) is 5.75 Å². The second-order valence-electron chi connectivity index (χ2n) is 7.86. The molecule has 0 aliphatic carbocycles. The predicted octanol–water partition coefficient (Wildman–Crippen LogP) is 5.38. The van der Waals surface area contributed by atoms with E-state index in [1.807, 2.05) is 31.2 Å². The number of carbonyl (C=O) groups excluding carboxylic acids is 1. The van der Waals surface area contributed by atoms with E-state index < -0.39 is 6.10 Å². The van der Waals surface area contributed by atoms with Gasteiger partial charge in [-0.05, 0) is 35.4 Å². The second kappa shape index (κ2) is 9.55. The first-order valence-corrected chi connectivity index (χ1v) is 11.0. The predicted molar refractivity (Wildman–Crippen MR) is 114 cm³/mol. The third kappa shape index (κ3) is 6.81. The molecular formula is C20H29N3O2S2. The van der Waals surface area contributed by atoms with Crippen molar-refractivity contribution in [2.45, 2.75) is 63.8 Å². The lowest BCUT2D eigenvalue weighted by atomic mass is 9.87. The first kappa shape index (κ1) is 21.7. The van der Waals surface area contributed by atoms with Crippen molar-refractivity contribution in [3.8, 4) is 5.75 Å². The molecule has 1 atom stereocenters. The Morgan fingerprint density at radius 2 is 1.89 bits per heavy atom. The highest BCUT2D eigenvalue weighted by Gasteiger charge is 2.21. The summed E-state index contributed by atoms with van der Waals surface area (Å²) in [6.07, 6.45) is 0.00168. The van der Waals surface area contributed by atoms with Crippen molar-refractivity contribution in [1.29, 1.82) is 0 Å². The molecule has 1 aromatic carbocycles. The minimum absolute atomic E-state index is 0.0865. The van der Waals surface area contributed by atoms with Crippen molar-refractivity contribution in [2.75, 3.05) is 11.1 Å². The molecule has 0 unspecified atom stereocenters. The third-order valence-electron chi connectivity index (χ3n) is 3.84. The number of nitrogens with one attached hydrogen (secondary N) is 1. The number of amides is 1. The standard InChI is InChI=1S/C20H29N3O2S2/c1-7-16(25-15-10-8-14(9-11-15)20(4,5)6)17(24)21-18-22-23-19(27-18)26-12-13(2)3/h8-11,13,16H,7,12H2,1-6H3,(H,21,22,24)/t16-/m0/s1. The van der Waals surface area contributed by atoms with Gasteiger partial charge in [0.2, 0.25) is 5.13 Å². The van der Waals surface area contributed by atoms with Crippen LogP contribution in [0.1, 0.15) is 53.5 Å². The Balaban J connectivity index is 1.95. The van der Waals surface area contributed by atoms with Gasteiger partial charge in [-0.1, -0.05) is 76.8 Å². The molecule has 27 heavy (non-hydrogen) atoms. The third-order valence-corrected chi connectivity index (χ3v) is 6.24. The number of nitrogens with zero attached hydrogens (tertiary/aromatic N) is 2. The fourth-order valence-electron chi connectivity index (χ4n) is 2.26. The van der Waals surface area contributed by atoms with E-state index in [2.05, 4.69) is 50.1 Å². The van der Waals surface area contributed by atoms with Gasteiger partial charge in [-0.2, -0.15) is 0 Å². The minimum Gasteiger partial charge on any atom is -0.481 e. The van der Waals surface area contributed by atoms with E-state index in [0.29, 0.717) is 23.2 Å². The molecule has 0 aliphatic heterocycles. The van der Waals surface area contributed by atoms with Gasteiger partial charge in [0.25, 0.3) is 5.91 Å². The zero-order chi connectivity index (χ0) is 20.0. The summed E-state index contributed by atoms with van der Waals surface area (Å²) in [5.41, 5.74) is 1.32. The molecule has 0 radical (unpaired) electrons. The quantitative estimate of drug-likeness (QED) is 0.470. The Morgan fingerprint density at radius 1 is 1.22 bits per heavy atom. The summed E-state index contributed by atoms with van der Waals surface area (Å²) >= 11 is 3.05. The van der Waals surface area contributed by atoms with Crippen LogP contribution in [0.5, 0.6) is 5.75 Å². The van der Waals surface area contributed by atoms with Crippen molar-refractivity contribution in [3.63, 3.8) is 0 Å². The monoisotopic (exact) mass is 407 g/mol. The van der Waals surface area contributed by atoms with Crippen LogP contribution in [0.25, 0.3) is 0 Å². The molecule has 0 aliphatic rings. The molecule has 1 aromatic heterocycles. The lowest BCUT2D eigenvalue weighted by molar-refractivity contribution is -0.122. The first-order valence-electron chi connectivity index (χ1n) is 9.23. The first-order chi connectivity index (χ1) is 12.7. The molecule has 148 valence electrons. The maximum atomic E-state index is 12.5. The molecule has 2 aromatic rings. The topological polar surface area (TPSA) is 64.1 Å². The number of rotatable bonds is 8. The van der Waals surface area contributed by atoms with Crippen LogP contribution in [-0.4, -0.2) is 28.0 Å². The van der Waals surface area contributed by atoms with Crippen molar-refractivity contribution >= 4 is 34.1 Å². The van der Waals surface area contributed by atoms with E-state index in [0.717, 1.165) is 10.1 Å². The molecule has 5 nitrogen and oxygen atoms in total. The molecule has 0 fully saturated rings. The molecule has 1 amide bonds. The smallest absolute Gasteiger partial charge is 0.267 e. The normalized spacial score (nSPS) is 12.9. The molecule has 0 bridgehead atoms. The average molecular weight is 408 g/mol. The number of hydrogen-bond acceptors (Lipinski definition) is 6. The molecule has 1 N–H and O–H groups in total. The van der Waals surface area contributed by atoms with E-state index in [9.17, 15) is 4.79 Å². The van der Waals surface area contributed by atoms with E-state index >= 15 is 0 Å². The van der Waals surface area contributed by atoms with Crippen LogP contribution in [0.3, 0.4) is 0 Å². The largest absolute Gasteiger partial charge is 0.481 e.